The van der Waals surface area contributed by atoms with Gasteiger partial charge in [-0.15, -0.1) is 0 Å². The molecule has 0 saturated carbocycles. The predicted molar refractivity (Wildman–Crippen MR) is 335 cm³/mol. The summed E-state index contributed by atoms with van der Waals surface area (Å²) >= 11 is 0. The second kappa shape index (κ2) is 58.7. The van der Waals surface area contributed by atoms with Crippen LogP contribution in [0.25, 0.3) is 0 Å². The molecule has 0 heterocycles. The fraction of sp³-hybridized carbons (Fsp3) is 0.938. The van der Waals surface area contributed by atoms with E-state index in [1.165, 1.54) is 148 Å². The van der Waals surface area contributed by atoms with E-state index in [2.05, 4.69) is 34.6 Å². The van der Waals surface area contributed by atoms with Crippen LogP contribution in [0, 0.1) is 5.92 Å². The van der Waals surface area contributed by atoms with Gasteiger partial charge in [-0.2, -0.15) is 0 Å². The third kappa shape index (κ3) is 59.0. The lowest BCUT2D eigenvalue weighted by molar-refractivity contribution is -0.161. The van der Waals surface area contributed by atoms with Crippen LogP contribution in [0.15, 0.2) is 0 Å². The van der Waals surface area contributed by atoms with Gasteiger partial charge in [0.15, 0.2) is 12.2 Å². The number of ether oxygens (including phenoxy) is 4. The molecular formula is C65H126O17P2. The molecule has 0 aromatic heterocycles. The van der Waals surface area contributed by atoms with E-state index >= 15 is 0 Å². The summed E-state index contributed by atoms with van der Waals surface area (Å²) in [7, 11) is -9.88. The second-order valence-corrected chi connectivity index (χ2v) is 26.9. The Kier molecular flexibility index (Phi) is 57.4. The largest absolute Gasteiger partial charge is 0.472 e. The van der Waals surface area contributed by atoms with Gasteiger partial charge in [0.25, 0.3) is 0 Å². The highest BCUT2D eigenvalue weighted by Gasteiger charge is 2.30. The van der Waals surface area contributed by atoms with Crippen molar-refractivity contribution < 1.29 is 80.2 Å². The monoisotopic (exact) mass is 1240 g/mol. The molecule has 0 spiro atoms. The molecule has 0 aliphatic carbocycles. The Balaban J connectivity index is 5.17. The van der Waals surface area contributed by atoms with Gasteiger partial charge in [0.1, 0.15) is 19.3 Å². The van der Waals surface area contributed by atoms with Crippen LogP contribution in [0.4, 0.5) is 0 Å². The molecule has 0 radical (unpaired) electrons. The van der Waals surface area contributed by atoms with Crippen molar-refractivity contribution in [2.24, 2.45) is 5.92 Å². The Labute approximate surface area is 511 Å². The molecule has 498 valence electrons. The van der Waals surface area contributed by atoms with E-state index in [1.807, 2.05) is 0 Å². The van der Waals surface area contributed by atoms with Crippen molar-refractivity contribution in [1.82, 2.24) is 0 Å². The fourth-order valence-corrected chi connectivity index (χ4v) is 11.3. The molecule has 0 aliphatic rings. The highest BCUT2D eigenvalue weighted by Crippen LogP contribution is 2.45. The maximum absolute atomic E-state index is 13.0. The van der Waals surface area contributed by atoms with Gasteiger partial charge >= 0.3 is 39.5 Å². The summed E-state index contributed by atoms with van der Waals surface area (Å²) in [4.78, 5) is 72.0. The maximum atomic E-state index is 13.0. The van der Waals surface area contributed by atoms with Crippen molar-refractivity contribution in [3.63, 3.8) is 0 Å². The molecule has 0 amide bonds. The number of carbonyl (C=O) groups excluding carboxylic acids is 4. The summed E-state index contributed by atoms with van der Waals surface area (Å²) in [5.41, 5.74) is 0. The third-order valence-electron chi connectivity index (χ3n) is 15.0. The summed E-state index contributed by atoms with van der Waals surface area (Å²) in [5, 5.41) is 10.5. The van der Waals surface area contributed by atoms with Crippen molar-refractivity contribution in [2.45, 2.75) is 348 Å². The summed E-state index contributed by atoms with van der Waals surface area (Å²) in [6, 6.07) is 0. The smallest absolute Gasteiger partial charge is 0.462 e. The number of aliphatic hydroxyl groups is 1. The van der Waals surface area contributed by atoms with Crippen molar-refractivity contribution in [1.29, 1.82) is 0 Å². The Bertz CT molecular complexity index is 1640. The Morgan fingerprint density at radius 1 is 0.321 bits per heavy atom. The number of aliphatic hydroxyl groups excluding tert-OH is 1. The van der Waals surface area contributed by atoms with Crippen molar-refractivity contribution in [3.05, 3.63) is 0 Å². The zero-order valence-electron chi connectivity index (χ0n) is 54.0. The molecule has 17 nitrogen and oxygen atoms in total. The number of hydrogen-bond donors (Lipinski definition) is 3. The Morgan fingerprint density at radius 2 is 0.548 bits per heavy atom. The number of unbranched alkanes of at least 4 members (excludes halogenated alkanes) is 37. The lowest BCUT2D eigenvalue weighted by atomic mass is 10.0. The lowest BCUT2D eigenvalue weighted by Gasteiger charge is -2.21. The van der Waals surface area contributed by atoms with Crippen LogP contribution >= 0.6 is 15.6 Å². The molecule has 2 unspecified atom stereocenters. The van der Waals surface area contributed by atoms with E-state index in [4.69, 9.17) is 37.0 Å². The number of hydrogen-bond acceptors (Lipinski definition) is 15. The molecule has 84 heavy (non-hydrogen) atoms. The number of phosphoric ester groups is 2. The maximum Gasteiger partial charge on any atom is 0.472 e. The first-order valence-electron chi connectivity index (χ1n) is 34.1. The van der Waals surface area contributed by atoms with Gasteiger partial charge in [0, 0.05) is 25.7 Å². The van der Waals surface area contributed by atoms with Crippen LogP contribution in [0.3, 0.4) is 0 Å². The van der Waals surface area contributed by atoms with Crippen LogP contribution in [0.2, 0.25) is 0 Å². The molecule has 0 aliphatic heterocycles. The minimum Gasteiger partial charge on any atom is -0.462 e. The SMILES string of the molecule is CCCCCCCCCCCCCCCCCC(=O)O[C@H](COC(=O)CCCCCCCCCCCCCCC)COP(=O)(O)OC[C@@H](O)COP(=O)(O)OC[C@@H](COC(=O)CCCCCCC)OC(=O)CCCCCCCCCCC(C)C. The second-order valence-electron chi connectivity index (χ2n) is 24.0. The van der Waals surface area contributed by atoms with Gasteiger partial charge in [-0.3, -0.25) is 37.3 Å². The highest BCUT2D eigenvalue weighted by atomic mass is 31.2. The van der Waals surface area contributed by atoms with Crippen LogP contribution in [-0.2, 0) is 65.4 Å². The molecule has 0 aromatic rings. The zero-order chi connectivity index (χ0) is 62.0. The Morgan fingerprint density at radius 3 is 0.810 bits per heavy atom. The molecule has 0 fully saturated rings. The molecule has 19 heteroatoms. The first-order chi connectivity index (χ1) is 40.5. The first kappa shape index (κ1) is 82.1. The minimum absolute atomic E-state index is 0.104. The van der Waals surface area contributed by atoms with E-state index in [-0.39, 0.29) is 25.7 Å². The average Bonchev–Trinajstić information content (AvgIpc) is 3.57. The van der Waals surface area contributed by atoms with Gasteiger partial charge in [-0.1, -0.05) is 279 Å². The van der Waals surface area contributed by atoms with Gasteiger partial charge in [-0.25, -0.2) is 9.13 Å². The number of esters is 4. The van der Waals surface area contributed by atoms with Crippen molar-refractivity contribution in [3.8, 4) is 0 Å². The number of carbonyl (C=O) groups is 4. The molecule has 0 rings (SSSR count). The van der Waals surface area contributed by atoms with Gasteiger partial charge in [-0.05, 0) is 31.6 Å². The molecule has 0 aromatic carbocycles. The van der Waals surface area contributed by atoms with E-state index < -0.39 is 97.5 Å². The van der Waals surface area contributed by atoms with Crippen LogP contribution in [0.1, 0.15) is 330 Å². The normalized spacial score (nSPS) is 14.2. The van der Waals surface area contributed by atoms with Crippen molar-refractivity contribution in [2.75, 3.05) is 39.6 Å². The summed E-state index contributed by atoms with van der Waals surface area (Å²) in [6.45, 7) is 7.08. The van der Waals surface area contributed by atoms with Crippen LogP contribution < -0.4 is 0 Å². The fourth-order valence-electron chi connectivity index (χ4n) is 9.76. The Hall–Kier alpha value is -1.94. The van der Waals surface area contributed by atoms with E-state index in [9.17, 15) is 43.2 Å². The molecular weight excluding hydrogens is 1110 g/mol. The van der Waals surface area contributed by atoms with E-state index in [0.717, 1.165) is 102 Å². The lowest BCUT2D eigenvalue weighted by Crippen LogP contribution is -2.30. The molecule has 0 bridgehead atoms. The highest BCUT2D eigenvalue weighted by molar-refractivity contribution is 7.47. The quantitative estimate of drug-likeness (QED) is 0.0222. The minimum atomic E-state index is -4.94. The predicted octanol–water partition coefficient (Wildman–Crippen LogP) is 18.2. The zero-order valence-corrected chi connectivity index (χ0v) is 55.8. The molecule has 0 saturated heterocycles. The molecule has 3 N–H and O–H groups in total. The first-order valence-corrected chi connectivity index (χ1v) is 37.1. The van der Waals surface area contributed by atoms with Gasteiger partial charge in [0.05, 0.1) is 26.4 Å². The summed E-state index contributed by atoms with van der Waals surface area (Å²) in [6.07, 6.45) is 43.4. The van der Waals surface area contributed by atoms with Crippen LogP contribution in [-0.4, -0.2) is 96.7 Å². The van der Waals surface area contributed by atoms with Crippen LogP contribution in [0.5, 0.6) is 0 Å². The van der Waals surface area contributed by atoms with E-state index in [0.29, 0.717) is 25.7 Å². The number of rotatable bonds is 65. The standard InChI is InChI=1S/C65H126O17P2/c1-6-9-12-15-17-19-21-23-24-26-28-30-35-40-45-50-64(69)82-61(55-76-63(68)49-44-39-34-29-27-25-22-20-18-16-13-10-7-2)57-80-84(73,74)78-53-59(66)52-77-83(71,72)79-56-60(54-75-62(67)48-43-37-14-11-8-3)81-65(70)51-46-41-36-32-31-33-38-42-47-58(4)5/h58-61,66H,6-57H2,1-5H3,(H,71,72)(H,73,74)/t59-,60+,61+/m0/s1. The summed E-state index contributed by atoms with van der Waals surface area (Å²) in [5.74, 6) is -1.42. The number of phosphoric acid groups is 2. The average molecular weight is 1240 g/mol. The van der Waals surface area contributed by atoms with E-state index in [1.54, 1.807) is 0 Å². The molecule has 5 atom stereocenters. The van der Waals surface area contributed by atoms with Gasteiger partial charge in [0.2, 0.25) is 0 Å². The van der Waals surface area contributed by atoms with Crippen molar-refractivity contribution >= 4 is 39.5 Å². The van der Waals surface area contributed by atoms with Gasteiger partial charge < -0.3 is 33.8 Å². The third-order valence-corrected chi connectivity index (χ3v) is 16.9. The summed E-state index contributed by atoms with van der Waals surface area (Å²) < 4.78 is 67.9. The topological polar surface area (TPSA) is 237 Å².